The Hall–Kier alpha value is -1.02. The molecular formula is C13H21NO. The van der Waals surface area contributed by atoms with Crippen LogP contribution in [0.15, 0.2) is 18.2 Å². The van der Waals surface area contributed by atoms with Crippen LogP contribution < -0.4 is 10.5 Å². The molecule has 0 spiro atoms. The molecule has 0 bridgehead atoms. The lowest BCUT2D eigenvalue weighted by Gasteiger charge is -2.26. The fourth-order valence-corrected chi connectivity index (χ4v) is 1.61. The van der Waals surface area contributed by atoms with Gasteiger partial charge in [0.2, 0.25) is 0 Å². The zero-order valence-corrected chi connectivity index (χ0v) is 10.1. The molecule has 0 fully saturated rings. The fraction of sp³-hybridized carbons (Fsp3) is 0.538. The first-order chi connectivity index (χ1) is 7.05. The Bertz CT molecular complexity index is 331. The minimum Gasteiger partial charge on any atom is -0.496 e. The van der Waals surface area contributed by atoms with Gasteiger partial charge >= 0.3 is 0 Å². The predicted molar refractivity (Wildman–Crippen MR) is 64.2 cm³/mol. The van der Waals surface area contributed by atoms with Crippen molar-refractivity contribution in [1.29, 1.82) is 0 Å². The van der Waals surface area contributed by atoms with Crippen molar-refractivity contribution in [3.05, 3.63) is 29.3 Å². The molecule has 1 aromatic carbocycles. The first kappa shape index (κ1) is 12.1. The standard InChI is InChI=1S/C13H21NO/c1-5-10-7-8-12(15-4)11(9-10)13(3,14)6-2/h7-9H,5-6,14H2,1-4H3. The second kappa shape index (κ2) is 4.67. The number of methoxy groups -OCH3 is 1. The smallest absolute Gasteiger partial charge is 0.123 e. The zero-order valence-electron chi connectivity index (χ0n) is 10.1. The van der Waals surface area contributed by atoms with Crippen LogP contribution in [0.5, 0.6) is 5.75 Å². The molecule has 1 unspecified atom stereocenters. The van der Waals surface area contributed by atoms with Gasteiger partial charge in [0.05, 0.1) is 7.11 Å². The molecule has 0 aliphatic carbocycles. The maximum atomic E-state index is 6.26. The van der Waals surface area contributed by atoms with Crippen molar-refractivity contribution in [2.75, 3.05) is 7.11 Å². The molecule has 0 aliphatic heterocycles. The molecular weight excluding hydrogens is 186 g/mol. The third-order valence-electron chi connectivity index (χ3n) is 3.02. The van der Waals surface area contributed by atoms with Gasteiger partial charge in [0.25, 0.3) is 0 Å². The molecule has 2 nitrogen and oxygen atoms in total. The van der Waals surface area contributed by atoms with Crippen LogP contribution in [-0.2, 0) is 12.0 Å². The molecule has 0 aromatic heterocycles. The summed E-state index contributed by atoms with van der Waals surface area (Å²) < 4.78 is 5.35. The van der Waals surface area contributed by atoms with E-state index in [0.717, 1.165) is 24.2 Å². The van der Waals surface area contributed by atoms with Crippen LogP contribution in [0.25, 0.3) is 0 Å². The normalized spacial score (nSPS) is 14.7. The van der Waals surface area contributed by atoms with Crippen molar-refractivity contribution >= 4 is 0 Å². The quantitative estimate of drug-likeness (QED) is 0.824. The van der Waals surface area contributed by atoms with E-state index in [1.54, 1.807) is 7.11 Å². The molecule has 0 aliphatic rings. The highest BCUT2D eigenvalue weighted by molar-refractivity contribution is 5.41. The highest BCUT2D eigenvalue weighted by Crippen LogP contribution is 2.31. The summed E-state index contributed by atoms with van der Waals surface area (Å²) in [6.07, 6.45) is 1.92. The van der Waals surface area contributed by atoms with Crippen LogP contribution in [0, 0.1) is 0 Å². The summed E-state index contributed by atoms with van der Waals surface area (Å²) in [7, 11) is 1.69. The van der Waals surface area contributed by atoms with E-state index in [4.69, 9.17) is 10.5 Å². The third kappa shape index (κ3) is 2.51. The van der Waals surface area contributed by atoms with Crippen molar-refractivity contribution in [2.24, 2.45) is 5.73 Å². The van der Waals surface area contributed by atoms with Crippen molar-refractivity contribution in [1.82, 2.24) is 0 Å². The van der Waals surface area contributed by atoms with E-state index in [1.165, 1.54) is 5.56 Å². The molecule has 0 radical (unpaired) electrons. The molecule has 1 rings (SSSR count). The van der Waals surface area contributed by atoms with Gasteiger partial charge in [-0.05, 0) is 31.4 Å². The molecule has 0 saturated carbocycles. The van der Waals surface area contributed by atoms with Crippen LogP contribution in [-0.4, -0.2) is 7.11 Å². The van der Waals surface area contributed by atoms with Gasteiger partial charge in [0.15, 0.2) is 0 Å². The summed E-state index contributed by atoms with van der Waals surface area (Å²) in [5.74, 6) is 0.888. The SMILES string of the molecule is CCc1ccc(OC)c(C(C)(N)CC)c1. The second-order valence-electron chi connectivity index (χ2n) is 4.16. The molecule has 1 aromatic rings. The van der Waals surface area contributed by atoms with E-state index in [-0.39, 0.29) is 5.54 Å². The van der Waals surface area contributed by atoms with Gasteiger partial charge in [-0.2, -0.15) is 0 Å². The number of hydrogen-bond donors (Lipinski definition) is 1. The molecule has 0 heterocycles. The van der Waals surface area contributed by atoms with E-state index in [2.05, 4.69) is 26.0 Å². The van der Waals surface area contributed by atoms with Crippen LogP contribution in [0.4, 0.5) is 0 Å². The maximum Gasteiger partial charge on any atom is 0.123 e. The highest BCUT2D eigenvalue weighted by atomic mass is 16.5. The lowest BCUT2D eigenvalue weighted by atomic mass is 9.88. The summed E-state index contributed by atoms with van der Waals surface area (Å²) in [5.41, 5.74) is 8.35. The van der Waals surface area contributed by atoms with Crippen molar-refractivity contribution < 1.29 is 4.74 Å². The monoisotopic (exact) mass is 207 g/mol. The van der Waals surface area contributed by atoms with Gasteiger partial charge in [0, 0.05) is 11.1 Å². The van der Waals surface area contributed by atoms with Crippen molar-refractivity contribution in [3.63, 3.8) is 0 Å². The Balaban J connectivity index is 3.23. The Morgan fingerprint density at radius 1 is 1.33 bits per heavy atom. The summed E-state index contributed by atoms with van der Waals surface area (Å²) in [4.78, 5) is 0. The highest BCUT2D eigenvalue weighted by Gasteiger charge is 2.22. The van der Waals surface area contributed by atoms with E-state index >= 15 is 0 Å². The first-order valence-corrected chi connectivity index (χ1v) is 5.51. The summed E-state index contributed by atoms with van der Waals surface area (Å²) in [6.45, 7) is 6.29. The second-order valence-corrected chi connectivity index (χ2v) is 4.16. The summed E-state index contributed by atoms with van der Waals surface area (Å²) >= 11 is 0. The Kier molecular flexibility index (Phi) is 3.75. The van der Waals surface area contributed by atoms with Crippen LogP contribution in [0.3, 0.4) is 0 Å². The Morgan fingerprint density at radius 3 is 2.47 bits per heavy atom. The first-order valence-electron chi connectivity index (χ1n) is 5.51. The molecule has 15 heavy (non-hydrogen) atoms. The van der Waals surface area contributed by atoms with Crippen molar-refractivity contribution in [3.8, 4) is 5.75 Å². The predicted octanol–water partition coefficient (Wildman–Crippen LogP) is 2.84. The van der Waals surface area contributed by atoms with Gasteiger partial charge in [-0.25, -0.2) is 0 Å². The lowest BCUT2D eigenvalue weighted by molar-refractivity contribution is 0.383. The number of hydrogen-bond acceptors (Lipinski definition) is 2. The topological polar surface area (TPSA) is 35.2 Å². The largest absolute Gasteiger partial charge is 0.496 e. The van der Waals surface area contributed by atoms with Crippen LogP contribution in [0.2, 0.25) is 0 Å². The molecule has 0 saturated heterocycles. The van der Waals surface area contributed by atoms with Gasteiger partial charge in [0.1, 0.15) is 5.75 Å². The van der Waals surface area contributed by atoms with E-state index in [0.29, 0.717) is 0 Å². The van der Waals surface area contributed by atoms with Crippen LogP contribution >= 0.6 is 0 Å². The van der Waals surface area contributed by atoms with E-state index < -0.39 is 0 Å². The van der Waals surface area contributed by atoms with E-state index in [1.807, 2.05) is 13.0 Å². The average Bonchev–Trinajstić information content (AvgIpc) is 2.28. The zero-order chi connectivity index (χ0) is 11.5. The van der Waals surface area contributed by atoms with Gasteiger partial charge in [-0.15, -0.1) is 0 Å². The summed E-state index contributed by atoms with van der Waals surface area (Å²) in [5, 5.41) is 0. The minimum atomic E-state index is -0.309. The molecule has 84 valence electrons. The molecule has 2 heteroatoms. The Labute approximate surface area is 92.4 Å². The Morgan fingerprint density at radius 2 is 2.00 bits per heavy atom. The third-order valence-corrected chi connectivity index (χ3v) is 3.02. The van der Waals surface area contributed by atoms with Crippen LogP contribution in [0.1, 0.15) is 38.3 Å². The van der Waals surface area contributed by atoms with Gasteiger partial charge in [-0.3, -0.25) is 0 Å². The maximum absolute atomic E-state index is 6.26. The molecule has 2 N–H and O–H groups in total. The summed E-state index contributed by atoms with van der Waals surface area (Å²) in [6, 6.07) is 6.26. The van der Waals surface area contributed by atoms with Gasteiger partial charge < -0.3 is 10.5 Å². The van der Waals surface area contributed by atoms with E-state index in [9.17, 15) is 0 Å². The fourth-order valence-electron chi connectivity index (χ4n) is 1.61. The molecule has 0 amide bonds. The number of benzene rings is 1. The average molecular weight is 207 g/mol. The number of aryl methyl sites for hydroxylation is 1. The number of ether oxygens (including phenoxy) is 1. The number of nitrogens with two attached hydrogens (primary N) is 1. The van der Waals surface area contributed by atoms with Gasteiger partial charge in [-0.1, -0.05) is 26.0 Å². The molecule has 1 atom stereocenters. The number of rotatable bonds is 4. The lowest BCUT2D eigenvalue weighted by Crippen LogP contribution is -2.32. The minimum absolute atomic E-state index is 0.309. The van der Waals surface area contributed by atoms with Crippen molar-refractivity contribution in [2.45, 2.75) is 39.2 Å².